The molecular weight excluding hydrogens is 456 g/mol. The molecule has 196 valence electrons. The van der Waals surface area contributed by atoms with Crippen LogP contribution in [0.5, 0.6) is 0 Å². The van der Waals surface area contributed by atoms with Crippen molar-refractivity contribution in [3.63, 3.8) is 0 Å². The molecule has 0 aliphatic carbocycles. The quantitative estimate of drug-likeness (QED) is 0.386. The van der Waals surface area contributed by atoms with Crippen molar-refractivity contribution in [2.75, 3.05) is 13.1 Å². The average molecular weight is 499 g/mol. The zero-order valence-corrected chi connectivity index (χ0v) is 22.9. The topological polar surface area (TPSA) is 58.2 Å². The lowest BCUT2D eigenvalue weighted by Crippen LogP contribution is -2.28. The lowest BCUT2D eigenvalue weighted by molar-refractivity contribution is -0.118. The minimum Gasteiger partial charge on any atom is -0.352 e. The molecule has 0 unspecified atom stereocenters. The van der Waals surface area contributed by atoms with Crippen molar-refractivity contribution in [3.05, 3.63) is 132 Å². The van der Waals surface area contributed by atoms with Gasteiger partial charge in [-0.25, -0.2) is 0 Å². The highest BCUT2D eigenvalue weighted by atomic mass is 16.2. The van der Waals surface area contributed by atoms with Gasteiger partial charge in [-0.05, 0) is 32.6 Å². The van der Waals surface area contributed by atoms with Gasteiger partial charge in [-0.3, -0.25) is 9.59 Å². The number of hydrogen-bond donors (Lipinski definition) is 2. The second-order valence-electron chi connectivity index (χ2n) is 9.04. The van der Waals surface area contributed by atoms with Crippen LogP contribution in [0.1, 0.15) is 34.6 Å². The third kappa shape index (κ3) is 16.4. The molecule has 0 aromatic rings. The van der Waals surface area contributed by atoms with Gasteiger partial charge in [-0.1, -0.05) is 135 Å². The Morgan fingerprint density at radius 3 is 1.41 bits per heavy atom. The molecular formula is C33H42N2O2. The highest BCUT2D eigenvalue weighted by Crippen LogP contribution is 2.04. The minimum absolute atomic E-state index is 0.0592. The standard InChI is InChI=1S/C33H42N2O2/c1-27-20-16-12-8-6-9-13-17-21-28(2)25-34-32(36)30(4)23-19-15-11-7-10-14-18-22-29(3)26-35-33(37)31(5)24-27/h6-24,28-29H,25-26H2,1-5H3,(H,34,36)(H,35,37)/b8-6+,11-7+,13-9-,14-10-,16-12+,19-15+,21-17-,22-18-,27-20+,30-23+,31-24+/t28-,29-/m0/s1. The monoisotopic (exact) mass is 498 g/mol. The summed E-state index contributed by atoms with van der Waals surface area (Å²) in [5.41, 5.74) is 2.34. The van der Waals surface area contributed by atoms with Crippen LogP contribution >= 0.6 is 0 Å². The van der Waals surface area contributed by atoms with Gasteiger partial charge in [0.05, 0.1) is 0 Å². The molecule has 1 aliphatic rings. The van der Waals surface area contributed by atoms with Gasteiger partial charge in [0, 0.05) is 24.2 Å². The molecule has 0 saturated carbocycles. The molecule has 2 amide bonds. The molecule has 0 saturated heterocycles. The normalized spacial score (nSPS) is 32.7. The lowest BCUT2D eigenvalue weighted by Gasteiger charge is -2.09. The van der Waals surface area contributed by atoms with Crippen molar-refractivity contribution in [2.24, 2.45) is 11.8 Å². The van der Waals surface area contributed by atoms with Gasteiger partial charge < -0.3 is 10.6 Å². The zero-order valence-electron chi connectivity index (χ0n) is 22.9. The van der Waals surface area contributed by atoms with E-state index in [0.717, 1.165) is 5.57 Å². The third-order valence-electron chi connectivity index (χ3n) is 5.25. The van der Waals surface area contributed by atoms with Crippen LogP contribution in [-0.4, -0.2) is 24.9 Å². The van der Waals surface area contributed by atoms with Crippen molar-refractivity contribution in [2.45, 2.75) is 34.6 Å². The molecule has 1 heterocycles. The lowest BCUT2D eigenvalue weighted by atomic mass is 10.1. The minimum atomic E-state index is -0.0657. The second kappa shape index (κ2) is 19.3. The first-order chi connectivity index (χ1) is 17.8. The molecule has 0 aromatic carbocycles. The van der Waals surface area contributed by atoms with Crippen molar-refractivity contribution in [3.8, 4) is 0 Å². The highest BCUT2D eigenvalue weighted by molar-refractivity contribution is 5.93. The number of carbonyl (C=O) groups is 2. The molecule has 0 bridgehead atoms. The first kappa shape index (κ1) is 31.1. The number of rotatable bonds is 0. The van der Waals surface area contributed by atoms with Gasteiger partial charge in [0.15, 0.2) is 0 Å². The fraction of sp³-hybridized carbons (Fsp3) is 0.273. The third-order valence-corrected chi connectivity index (χ3v) is 5.25. The molecule has 0 fully saturated rings. The van der Waals surface area contributed by atoms with Crippen molar-refractivity contribution >= 4 is 11.8 Å². The Bertz CT molecular complexity index is 1070. The van der Waals surface area contributed by atoms with Gasteiger partial charge in [-0.15, -0.1) is 0 Å². The van der Waals surface area contributed by atoms with Crippen LogP contribution in [0.4, 0.5) is 0 Å². The molecule has 0 aromatic heterocycles. The van der Waals surface area contributed by atoms with Crippen LogP contribution in [0.25, 0.3) is 0 Å². The van der Waals surface area contributed by atoms with Crippen LogP contribution < -0.4 is 10.6 Å². The van der Waals surface area contributed by atoms with E-state index >= 15 is 0 Å². The van der Waals surface area contributed by atoms with E-state index in [2.05, 4.69) is 36.6 Å². The summed E-state index contributed by atoms with van der Waals surface area (Å²) < 4.78 is 0. The maximum Gasteiger partial charge on any atom is 0.246 e. The second-order valence-corrected chi connectivity index (χ2v) is 9.04. The van der Waals surface area contributed by atoms with E-state index in [1.54, 1.807) is 13.0 Å². The van der Waals surface area contributed by atoms with Gasteiger partial charge in [-0.2, -0.15) is 0 Å². The van der Waals surface area contributed by atoms with Crippen LogP contribution in [0.3, 0.4) is 0 Å². The largest absolute Gasteiger partial charge is 0.352 e. The van der Waals surface area contributed by atoms with Crippen LogP contribution in [0.15, 0.2) is 132 Å². The number of hydrogen-bond acceptors (Lipinski definition) is 2. The molecule has 37 heavy (non-hydrogen) atoms. The van der Waals surface area contributed by atoms with Crippen molar-refractivity contribution < 1.29 is 9.59 Å². The van der Waals surface area contributed by atoms with Gasteiger partial charge >= 0.3 is 0 Å². The van der Waals surface area contributed by atoms with E-state index in [9.17, 15) is 9.59 Å². The maximum atomic E-state index is 12.4. The van der Waals surface area contributed by atoms with Gasteiger partial charge in [0.1, 0.15) is 0 Å². The number of nitrogens with one attached hydrogen (secondary N) is 2. The Hall–Kier alpha value is -3.92. The summed E-state index contributed by atoms with van der Waals surface area (Å²) in [6.07, 6.45) is 36.9. The van der Waals surface area contributed by atoms with Crippen molar-refractivity contribution in [1.29, 1.82) is 0 Å². The summed E-state index contributed by atoms with van der Waals surface area (Å²) in [5.74, 6) is 0.309. The fourth-order valence-corrected chi connectivity index (χ4v) is 3.01. The Balaban J connectivity index is 2.92. The first-order valence-corrected chi connectivity index (χ1v) is 12.7. The molecule has 0 spiro atoms. The number of allylic oxidation sites excluding steroid dienone is 18. The summed E-state index contributed by atoms with van der Waals surface area (Å²) in [6, 6.07) is 0. The number of carbonyl (C=O) groups excluding carboxylic acids is 2. The maximum absolute atomic E-state index is 12.4. The summed E-state index contributed by atoms with van der Waals surface area (Å²) in [5, 5.41) is 5.95. The van der Waals surface area contributed by atoms with E-state index in [0.29, 0.717) is 24.2 Å². The van der Waals surface area contributed by atoms with E-state index in [1.165, 1.54) is 0 Å². The van der Waals surface area contributed by atoms with E-state index in [4.69, 9.17) is 0 Å². The Morgan fingerprint density at radius 2 is 0.919 bits per heavy atom. The summed E-state index contributed by atoms with van der Waals surface area (Å²) >= 11 is 0. The highest BCUT2D eigenvalue weighted by Gasteiger charge is 2.05. The molecule has 2 N–H and O–H groups in total. The smallest absolute Gasteiger partial charge is 0.246 e. The summed E-state index contributed by atoms with van der Waals surface area (Å²) in [4.78, 5) is 24.6. The zero-order chi connectivity index (χ0) is 27.3. The number of amides is 2. The van der Waals surface area contributed by atoms with Crippen molar-refractivity contribution in [1.82, 2.24) is 10.6 Å². The average Bonchev–Trinajstić information content (AvgIpc) is 2.87. The Kier molecular flexibility index (Phi) is 16.2. The van der Waals surface area contributed by atoms with E-state index in [1.807, 2.05) is 111 Å². The van der Waals surface area contributed by atoms with E-state index in [-0.39, 0.29) is 23.7 Å². The fourth-order valence-electron chi connectivity index (χ4n) is 3.01. The van der Waals surface area contributed by atoms with Crippen LogP contribution in [-0.2, 0) is 9.59 Å². The summed E-state index contributed by atoms with van der Waals surface area (Å²) in [6.45, 7) is 10.9. The Labute approximate surface area is 223 Å². The van der Waals surface area contributed by atoms with Gasteiger partial charge in [0.25, 0.3) is 0 Å². The van der Waals surface area contributed by atoms with E-state index < -0.39 is 0 Å². The molecule has 2 atom stereocenters. The Morgan fingerprint density at radius 1 is 0.541 bits per heavy atom. The molecule has 4 heteroatoms. The SMILES string of the molecule is CC1=C\C=C\C=C\C=C/C=C\[C@H](C)CNC(=O)/C(C)=C/C=C/C=C/C=C\C=C/[C@H](C)CNC(=O)\C(C)=C\1. The molecule has 4 nitrogen and oxygen atoms in total. The summed E-state index contributed by atoms with van der Waals surface area (Å²) in [7, 11) is 0. The molecule has 0 radical (unpaired) electrons. The predicted octanol–water partition coefficient (Wildman–Crippen LogP) is 6.79. The van der Waals surface area contributed by atoms with Gasteiger partial charge in [0.2, 0.25) is 11.8 Å². The van der Waals surface area contributed by atoms with Crippen LogP contribution in [0.2, 0.25) is 0 Å². The molecule has 1 rings (SSSR count). The molecule has 1 aliphatic heterocycles. The van der Waals surface area contributed by atoms with Crippen LogP contribution in [0, 0.1) is 11.8 Å². The first-order valence-electron chi connectivity index (χ1n) is 12.7. The predicted molar refractivity (Wildman–Crippen MR) is 159 cm³/mol.